The summed E-state index contributed by atoms with van der Waals surface area (Å²) in [6.45, 7) is 4.29. The van der Waals surface area contributed by atoms with Crippen molar-refractivity contribution in [3.63, 3.8) is 0 Å². The van der Waals surface area contributed by atoms with Crippen molar-refractivity contribution in [2.24, 2.45) is 17.4 Å². The molecule has 2 atom stereocenters. The van der Waals surface area contributed by atoms with E-state index >= 15 is 0 Å². The molecular weight excluding hydrogens is 276 g/mol. The largest absolute Gasteiger partial charge is 0.396 e. The maximum absolute atomic E-state index is 9.39. The predicted octanol–water partition coefficient (Wildman–Crippen LogP) is 1.52. The van der Waals surface area contributed by atoms with E-state index in [1.165, 1.54) is 0 Å². The van der Waals surface area contributed by atoms with E-state index in [1.807, 2.05) is 36.4 Å². The minimum atomic E-state index is -0.780. The molecule has 1 aliphatic carbocycles. The van der Waals surface area contributed by atoms with Gasteiger partial charge in [-0.25, -0.2) is 0 Å². The molecule has 7 N–H and O–H groups in total. The van der Waals surface area contributed by atoms with Crippen LogP contribution in [0.15, 0.2) is 42.0 Å². The predicted molar refractivity (Wildman–Crippen MR) is 90.4 cm³/mol. The van der Waals surface area contributed by atoms with Gasteiger partial charge in [0, 0.05) is 23.5 Å². The van der Waals surface area contributed by atoms with E-state index in [0.29, 0.717) is 6.42 Å². The number of rotatable bonds is 3. The Balaban J connectivity index is 2.19. The standard InChI is InChI=1S/C17H24N4O/c1-11(2)13-10-16(18)7-8-17(13,19)21-15-5-3-4-14(20-16)12(15)6-9-22/h3-5,7-8,10-11,20-22H,6,9,18-19H2,1-2H3. The maximum Gasteiger partial charge on any atom is 0.128 e. The summed E-state index contributed by atoms with van der Waals surface area (Å²) in [5.41, 5.74) is 15.5. The van der Waals surface area contributed by atoms with Crippen molar-refractivity contribution in [3.8, 4) is 0 Å². The van der Waals surface area contributed by atoms with Crippen molar-refractivity contribution in [3.05, 3.63) is 47.6 Å². The van der Waals surface area contributed by atoms with Gasteiger partial charge in [0.15, 0.2) is 0 Å². The molecule has 5 heteroatoms. The van der Waals surface area contributed by atoms with Crippen molar-refractivity contribution >= 4 is 11.4 Å². The lowest BCUT2D eigenvalue weighted by Crippen LogP contribution is -2.55. The summed E-state index contributed by atoms with van der Waals surface area (Å²) in [5.74, 6) is 0.255. The molecule has 118 valence electrons. The van der Waals surface area contributed by atoms with Crippen molar-refractivity contribution in [2.75, 3.05) is 17.2 Å². The third kappa shape index (κ3) is 2.41. The number of benzene rings is 1. The van der Waals surface area contributed by atoms with Crippen molar-refractivity contribution in [1.82, 2.24) is 0 Å². The SMILES string of the molecule is CC(C)C1=CC2(N)C=CC1(N)Nc1cccc(c1CCO)N2. The number of hydrogen-bond donors (Lipinski definition) is 5. The summed E-state index contributed by atoms with van der Waals surface area (Å²) < 4.78 is 0. The van der Waals surface area contributed by atoms with Crippen LogP contribution in [0.3, 0.4) is 0 Å². The van der Waals surface area contributed by atoms with E-state index in [4.69, 9.17) is 11.5 Å². The molecule has 0 radical (unpaired) electrons. The number of hydrogen-bond acceptors (Lipinski definition) is 5. The Morgan fingerprint density at radius 1 is 1.14 bits per heavy atom. The highest BCUT2D eigenvalue weighted by atomic mass is 16.3. The summed E-state index contributed by atoms with van der Waals surface area (Å²) in [5, 5.41) is 16.2. The van der Waals surface area contributed by atoms with Crippen LogP contribution >= 0.6 is 0 Å². The Kier molecular flexibility index (Phi) is 3.51. The average molecular weight is 300 g/mol. The zero-order valence-corrected chi connectivity index (χ0v) is 13.1. The molecule has 2 unspecified atom stereocenters. The molecular formula is C17H24N4O. The molecule has 1 aromatic carbocycles. The van der Waals surface area contributed by atoms with Gasteiger partial charge in [-0.15, -0.1) is 0 Å². The molecule has 4 bridgehead atoms. The molecule has 4 rings (SSSR count). The van der Waals surface area contributed by atoms with Gasteiger partial charge < -0.3 is 27.2 Å². The van der Waals surface area contributed by atoms with E-state index in [-0.39, 0.29) is 12.5 Å². The van der Waals surface area contributed by atoms with Crippen LogP contribution in [-0.4, -0.2) is 23.0 Å². The van der Waals surface area contributed by atoms with Crippen molar-refractivity contribution in [1.29, 1.82) is 0 Å². The van der Waals surface area contributed by atoms with E-state index in [0.717, 1.165) is 22.5 Å². The van der Waals surface area contributed by atoms with Crippen LogP contribution in [0.25, 0.3) is 0 Å². The molecule has 0 saturated carbocycles. The molecule has 2 aliphatic heterocycles. The van der Waals surface area contributed by atoms with Gasteiger partial charge in [-0.2, -0.15) is 0 Å². The highest BCUT2D eigenvalue weighted by molar-refractivity contribution is 5.71. The quantitative estimate of drug-likeness (QED) is 0.545. The van der Waals surface area contributed by atoms with Crippen LogP contribution in [0.1, 0.15) is 19.4 Å². The highest BCUT2D eigenvalue weighted by Crippen LogP contribution is 2.37. The van der Waals surface area contributed by atoms with Gasteiger partial charge in [-0.3, -0.25) is 0 Å². The Morgan fingerprint density at radius 2 is 1.82 bits per heavy atom. The summed E-state index contributed by atoms with van der Waals surface area (Å²) in [4.78, 5) is 0. The molecule has 1 aromatic rings. The number of aliphatic hydroxyl groups is 1. The van der Waals surface area contributed by atoms with E-state index in [9.17, 15) is 5.11 Å². The molecule has 0 fully saturated rings. The van der Waals surface area contributed by atoms with E-state index in [2.05, 4.69) is 24.5 Å². The molecule has 0 saturated heterocycles. The highest BCUT2D eigenvalue weighted by Gasteiger charge is 2.38. The Morgan fingerprint density at radius 3 is 2.45 bits per heavy atom. The van der Waals surface area contributed by atoms with Crippen LogP contribution in [0, 0.1) is 5.92 Å². The van der Waals surface area contributed by atoms with Gasteiger partial charge in [-0.1, -0.05) is 19.9 Å². The topological polar surface area (TPSA) is 96.3 Å². The fourth-order valence-electron chi connectivity index (χ4n) is 3.28. The summed E-state index contributed by atoms with van der Waals surface area (Å²) in [7, 11) is 0. The Hall–Kier alpha value is -1.82. The molecule has 5 nitrogen and oxygen atoms in total. The molecule has 22 heavy (non-hydrogen) atoms. The van der Waals surface area contributed by atoms with Crippen LogP contribution < -0.4 is 22.1 Å². The minimum absolute atomic E-state index is 0.0699. The van der Waals surface area contributed by atoms with Gasteiger partial charge in [-0.05, 0) is 48.3 Å². The molecule has 3 aliphatic rings. The number of nitrogens with one attached hydrogen (secondary N) is 2. The minimum Gasteiger partial charge on any atom is -0.396 e. The number of anilines is 2. The summed E-state index contributed by atoms with van der Waals surface area (Å²) in [6, 6.07) is 5.92. The fraction of sp³-hybridized carbons (Fsp3) is 0.412. The zero-order chi connectivity index (χ0) is 16.0. The first-order valence-corrected chi connectivity index (χ1v) is 7.67. The number of nitrogens with two attached hydrogens (primary N) is 2. The monoisotopic (exact) mass is 300 g/mol. The molecule has 2 heterocycles. The molecule has 0 spiro atoms. The molecule has 0 amide bonds. The average Bonchev–Trinajstić information content (AvgIpc) is 2.48. The van der Waals surface area contributed by atoms with Gasteiger partial charge in [0.1, 0.15) is 11.3 Å². The zero-order valence-electron chi connectivity index (χ0n) is 13.1. The second kappa shape index (κ2) is 5.12. The fourth-order valence-corrected chi connectivity index (χ4v) is 3.28. The lowest BCUT2D eigenvalue weighted by atomic mass is 9.82. The van der Waals surface area contributed by atoms with E-state index < -0.39 is 11.3 Å². The number of aliphatic hydroxyl groups excluding tert-OH is 1. The second-order valence-corrected chi connectivity index (χ2v) is 6.45. The van der Waals surface area contributed by atoms with Crippen LogP contribution in [0.4, 0.5) is 11.4 Å². The van der Waals surface area contributed by atoms with Crippen LogP contribution in [0.2, 0.25) is 0 Å². The van der Waals surface area contributed by atoms with Gasteiger partial charge >= 0.3 is 0 Å². The van der Waals surface area contributed by atoms with Gasteiger partial charge in [0.2, 0.25) is 0 Å². The van der Waals surface area contributed by atoms with Crippen molar-refractivity contribution in [2.45, 2.75) is 31.6 Å². The summed E-state index contributed by atoms with van der Waals surface area (Å²) in [6.07, 6.45) is 6.36. The Labute approximate surface area is 131 Å². The maximum atomic E-state index is 9.39. The smallest absolute Gasteiger partial charge is 0.128 e. The van der Waals surface area contributed by atoms with Gasteiger partial charge in [0.05, 0.1) is 0 Å². The third-order valence-electron chi connectivity index (χ3n) is 4.35. The first-order chi connectivity index (χ1) is 10.4. The molecule has 0 aromatic heterocycles. The second-order valence-electron chi connectivity index (χ2n) is 6.45. The van der Waals surface area contributed by atoms with Crippen LogP contribution in [-0.2, 0) is 6.42 Å². The normalized spacial score (nSPS) is 29.3. The van der Waals surface area contributed by atoms with Gasteiger partial charge in [0.25, 0.3) is 0 Å². The first kappa shape index (κ1) is 15.1. The van der Waals surface area contributed by atoms with E-state index in [1.54, 1.807) is 0 Å². The summed E-state index contributed by atoms with van der Waals surface area (Å²) >= 11 is 0. The van der Waals surface area contributed by atoms with Crippen molar-refractivity contribution < 1.29 is 5.11 Å². The Bertz CT molecular complexity index is 652. The lowest BCUT2D eigenvalue weighted by Gasteiger charge is -2.39. The first-order valence-electron chi connectivity index (χ1n) is 7.67. The third-order valence-corrected chi connectivity index (χ3v) is 4.35. The lowest BCUT2D eigenvalue weighted by molar-refractivity contribution is 0.300. The van der Waals surface area contributed by atoms with Crippen LogP contribution in [0.5, 0.6) is 0 Å².